The SMILES string of the molecule is CC(C)COCCn1c(CCl)nc2cccc(Cl)c21. The Morgan fingerprint density at radius 3 is 2.84 bits per heavy atom. The third kappa shape index (κ3) is 3.41. The van der Waals surface area contributed by atoms with Crippen LogP contribution in [0.4, 0.5) is 0 Å². The fraction of sp³-hybridized carbons (Fsp3) is 0.500. The smallest absolute Gasteiger partial charge is 0.124 e. The highest BCUT2D eigenvalue weighted by atomic mass is 35.5. The first-order valence-corrected chi connectivity index (χ1v) is 7.32. The van der Waals surface area contributed by atoms with E-state index in [1.807, 2.05) is 22.8 Å². The van der Waals surface area contributed by atoms with Crippen molar-refractivity contribution in [3.63, 3.8) is 0 Å². The average molecular weight is 301 g/mol. The molecule has 104 valence electrons. The first-order valence-electron chi connectivity index (χ1n) is 6.40. The highest BCUT2D eigenvalue weighted by Crippen LogP contribution is 2.25. The monoisotopic (exact) mass is 300 g/mol. The van der Waals surface area contributed by atoms with Crippen LogP contribution in [0.2, 0.25) is 5.02 Å². The van der Waals surface area contributed by atoms with Crippen molar-refractivity contribution in [2.75, 3.05) is 13.2 Å². The molecule has 1 aromatic carbocycles. The molecule has 0 saturated heterocycles. The van der Waals surface area contributed by atoms with E-state index in [1.54, 1.807) is 0 Å². The van der Waals surface area contributed by atoms with Crippen molar-refractivity contribution in [3.05, 3.63) is 29.0 Å². The molecule has 0 unspecified atom stereocenters. The molecule has 0 atom stereocenters. The number of imidazole rings is 1. The number of hydrogen-bond acceptors (Lipinski definition) is 2. The highest BCUT2D eigenvalue weighted by molar-refractivity contribution is 6.35. The van der Waals surface area contributed by atoms with Gasteiger partial charge in [0.25, 0.3) is 0 Å². The van der Waals surface area contributed by atoms with Crippen LogP contribution in [0.1, 0.15) is 19.7 Å². The molecule has 2 rings (SSSR count). The Bertz CT molecular complexity index is 552. The van der Waals surface area contributed by atoms with Crippen LogP contribution in [0.25, 0.3) is 11.0 Å². The number of para-hydroxylation sites is 1. The lowest BCUT2D eigenvalue weighted by atomic mass is 10.2. The molecule has 0 amide bonds. The topological polar surface area (TPSA) is 27.1 Å². The zero-order chi connectivity index (χ0) is 13.8. The second-order valence-corrected chi connectivity index (χ2v) is 5.56. The highest BCUT2D eigenvalue weighted by Gasteiger charge is 2.12. The Balaban J connectivity index is 2.20. The van der Waals surface area contributed by atoms with Gasteiger partial charge in [-0.3, -0.25) is 0 Å². The van der Waals surface area contributed by atoms with Gasteiger partial charge in [0, 0.05) is 13.2 Å². The van der Waals surface area contributed by atoms with Crippen LogP contribution in [0.15, 0.2) is 18.2 Å². The Morgan fingerprint density at radius 2 is 2.16 bits per heavy atom. The molecule has 0 bridgehead atoms. The van der Waals surface area contributed by atoms with E-state index < -0.39 is 0 Å². The summed E-state index contributed by atoms with van der Waals surface area (Å²) < 4.78 is 7.67. The van der Waals surface area contributed by atoms with E-state index in [-0.39, 0.29) is 0 Å². The van der Waals surface area contributed by atoms with Gasteiger partial charge >= 0.3 is 0 Å². The van der Waals surface area contributed by atoms with Gasteiger partial charge in [0.1, 0.15) is 5.82 Å². The summed E-state index contributed by atoms with van der Waals surface area (Å²) in [6, 6.07) is 5.72. The Labute approximate surface area is 123 Å². The number of nitrogens with zero attached hydrogens (tertiary/aromatic N) is 2. The van der Waals surface area contributed by atoms with Gasteiger partial charge in [0.05, 0.1) is 28.5 Å². The number of ether oxygens (including phenoxy) is 1. The van der Waals surface area contributed by atoms with Gasteiger partial charge in [0.15, 0.2) is 0 Å². The maximum atomic E-state index is 6.25. The third-order valence-electron chi connectivity index (χ3n) is 2.83. The quantitative estimate of drug-likeness (QED) is 0.593. The zero-order valence-electron chi connectivity index (χ0n) is 11.2. The van der Waals surface area contributed by atoms with Crippen LogP contribution >= 0.6 is 23.2 Å². The summed E-state index contributed by atoms with van der Waals surface area (Å²) >= 11 is 12.2. The van der Waals surface area contributed by atoms with Gasteiger partial charge < -0.3 is 9.30 Å². The number of halogens is 2. The lowest BCUT2D eigenvalue weighted by molar-refractivity contribution is 0.103. The van der Waals surface area contributed by atoms with Crippen molar-refractivity contribution in [2.24, 2.45) is 5.92 Å². The minimum absolute atomic E-state index is 0.370. The van der Waals surface area contributed by atoms with E-state index in [4.69, 9.17) is 27.9 Å². The number of aromatic nitrogens is 2. The fourth-order valence-corrected chi connectivity index (χ4v) is 2.48. The van der Waals surface area contributed by atoms with Crippen LogP contribution in [-0.2, 0) is 17.2 Å². The van der Waals surface area contributed by atoms with Crippen LogP contribution in [0.3, 0.4) is 0 Å². The van der Waals surface area contributed by atoms with Crippen molar-refractivity contribution in [1.82, 2.24) is 9.55 Å². The third-order valence-corrected chi connectivity index (χ3v) is 3.37. The van der Waals surface area contributed by atoms with Crippen LogP contribution in [-0.4, -0.2) is 22.8 Å². The molecule has 1 heterocycles. The molecule has 0 spiro atoms. The minimum atomic E-state index is 0.370. The second-order valence-electron chi connectivity index (χ2n) is 4.89. The molecule has 0 aliphatic carbocycles. The van der Waals surface area contributed by atoms with Crippen molar-refractivity contribution >= 4 is 34.2 Å². The van der Waals surface area contributed by atoms with E-state index in [0.717, 1.165) is 30.0 Å². The standard InChI is InChI=1S/C14H18Cl2N2O/c1-10(2)9-19-7-6-18-13(8-15)17-12-5-3-4-11(16)14(12)18/h3-5,10H,6-9H2,1-2H3. The van der Waals surface area contributed by atoms with Gasteiger partial charge in [-0.1, -0.05) is 31.5 Å². The maximum Gasteiger partial charge on any atom is 0.124 e. The molecule has 0 saturated carbocycles. The summed E-state index contributed by atoms with van der Waals surface area (Å²) in [4.78, 5) is 4.50. The van der Waals surface area contributed by atoms with E-state index in [1.165, 1.54) is 0 Å². The van der Waals surface area contributed by atoms with Gasteiger partial charge in [-0.05, 0) is 18.1 Å². The number of rotatable bonds is 6. The van der Waals surface area contributed by atoms with E-state index in [0.29, 0.717) is 23.4 Å². The first kappa shape index (κ1) is 14.6. The van der Waals surface area contributed by atoms with Crippen LogP contribution in [0, 0.1) is 5.92 Å². The van der Waals surface area contributed by atoms with Crippen LogP contribution in [0.5, 0.6) is 0 Å². The molecule has 3 nitrogen and oxygen atoms in total. The lowest BCUT2D eigenvalue weighted by Crippen LogP contribution is -2.11. The second kappa shape index (κ2) is 6.60. The largest absolute Gasteiger partial charge is 0.379 e. The molecule has 0 aliphatic rings. The normalized spacial score (nSPS) is 11.6. The molecule has 0 radical (unpaired) electrons. The van der Waals surface area contributed by atoms with Gasteiger partial charge in [-0.15, -0.1) is 11.6 Å². The molecule has 2 aromatic rings. The summed E-state index contributed by atoms with van der Waals surface area (Å²) in [5.41, 5.74) is 1.82. The Kier molecular flexibility index (Phi) is 5.08. The molecule has 1 aromatic heterocycles. The fourth-order valence-electron chi connectivity index (χ4n) is 2.01. The van der Waals surface area contributed by atoms with Gasteiger partial charge in [-0.25, -0.2) is 4.98 Å². The molecule has 19 heavy (non-hydrogen) atoms. The zero-order valence-corrected chi connectivity index (χ0v) is 12.7. The van der Waals surface area contributed by atoms with Crippen molar-refractivity contribution in [1.29, 1.82) is 0 Å². The van der Waals surface area contributed by atoms with Crippen LogP contribution < -0.4 is 0 Å². The van der Waals surface area contributed by atoms with Gasteiger partial charge in [0.2, 0.25) is 0 Å². The molecule has 5 heteroatoms. The summed E-state index contributed by atoms with van der Waals surface area (Å²) in [6.07, 6.45) is 0. The van der Waals surface area contributed by atoms with Crippen molar-refractivity contribution in [2.45, 2.75) is 26.3 Å². The van der Waals surface area contributed by atoms with E-state index >= 15 is 0 Å². The minimum Gasteiger partial charge on any atom is -0.379 e. The first-order chi connectivity index (χ1) is 9.13. The number of alkyl halides is 1. The van der Waals surface area contributed by atoms with Gasteiger partial charge in [-0.2, -0.15) is 0 Å². The lowest BCUT2D eigenvalue weighted by Gasteiger charge is -2.10. The molecular formula is C14H18Cl2N2O. The Morgan fingerprint density at radius 1 is 1.37 bits per heavy atom. The van der Waals surface area contributed by atoms with E-state index in [2.05, 4.69) is 18.8 Å². The summed E-state index contributed by atoms with van der Waals surface area (Å²) in [5.74, 6) is 1.74. The summed E-state index contributed by atoms with van der Waals surface area (Å²) in [6.45, 7) is 6.38. The maximum absolute atomic E-state index is 6.25. The predicted molar refractivity (Wildman–Crippen MR) is 80.0 cm³/mol. The predicted octanol–water partition coefficient (Wildman–Crippen LogP) is 4.10. The number of hydrogen-bond donors (Lipinski definition) is 0. The summed E-state index contributed by atoms with van der Waals surface area (Å²) in [5, 5.41) is 0.699. The molecule has 0 N–H and O–H groups in total. The number of benzene rings is 1. The van der Waals surface area contributed by atoms with E-state index in [9.17, 15) is 0 Å². The average Bonchev–Trinajstić information content (AvgIpc) is 2.74. The number of fused-ring (bicyclic) bond motifs is 1. The summed E-state index contributed by atoms with van der Waals surface area (Å²) in [7, 11) is 0. The van der Waals surface area contributed by atoms with Crippen molar-refractivity contribution in [3.8, 4) is 0 Å². The molecule has 0 aliphatic heterocycles. The van der Waals surface area contributed by atoms with Crippen molar-refractivity contribution < 1.29 is 4.74 Å². The molecular weight excluding hydrogens is 283 g/mol. The Hall–Kier alpha value is -0.770. The molecule has 0 fully saturated rings.